The SMILES string of the molecule is C1=C\CCC[CH-]CC/1.COc1ccccc1[PH+](c1cccc(C(C)(C)C)c1O)c1c(C)cccc1SC.[CH3+].[Ni]. The Morgan fingerprint density at radius 2 is 1.56 bits per heavy atom. The number of ether oxygens (including phenoxy) is 1. The number of aromatic hydroxyl groups is 1. The van der Waals surface area contributed by atoms with Crippen LogP contribution in [0.4, 0.5) is 0 Å². The standard InChI is InChI=1S/C25H29O2PS.C8H13.CH3.Ni/c1-17-11-9-16-22(29-6)24(17)28(20-14-8-7-13-19(20)27-5)21-15-10-12-18(23(21)26)25(2,3)4;1-2-4-6-8-7-5-3-1;;/h7-16,26H,1-6H3;1-2,7H,3-6,8H2;1H3;/q;-1;+1;/p+1/b;2-1-;;. The molecule has 0 spiro atoms. The van der Waals surface area contributed by atoms with Crippen LogP contribution in [0.2, 0.25) is 0 Å². The second-order valence-electron chi connectivity index (χ2n) is 10.4. The van der Waals surface area contributed by atoms with Gasteiger partial charge in [0.15, 0.2) is 11.5 Å². The predicted molar refractivity (Wildman–Crippen MR) is 173 cm³/mol. The minimum Gasteiger partial charge on any atom is -0.504 e. The summed E-state index contributed by atoms with van der Waals surface area (Å²) in [5, 5.41) is 14.9. The van der Waals surface area contributed by atoms with Crippen molar-refractivity contribution in [3.05, 3.63) is 97.8 Å². The van der Waals surface area contributed by atoms with Crippen LogP contribution in [0.1, 0.15) is 64.0 Å². The maximum absolute atomic E-state index is 11.4. The average molecular weight is 608 g/mol. The number of hydrogen-bond acceptors (Lipinski definition) is 3. The van der Waals surface area contributed by atoms with Crippen LogP contribution in [-0.2, 0) is 21.9 Å². The Morgan fingerprint density at radius 3 is 2.26 bits per heavy atom. The van der Waals surface area contributed by atoms with E-state index < -0.39 is 7.92 Å². The Kier molecular flexibility index (Phi) is 15.4. The maximum Gasteiger partial charge on any atom is 0.162 e. The molecule has 214 valence electrons. The molecule has 0 fully saturated rings. The quantitative estimate of drug-likeness (QED) is 0.104. The van der Waals surface area contributed by atoms with Gasteiger partial charge in [-0.3, -0.25) is 0 Å². The molecule has 1 atom stereocenters. The molecule has 0 radical (unpaired) electrons. The van der Waals surface area contributed by atoms with Crippen LogP contribution in [0.5, 0.6) is 11.5 Å². The van der Waals surface area contributed by atoms with Gasteiger partial charge in [-0.25, -0.2) is 0 Å². The van der Waals surface area contributed by atoms with Crippen molar-refractivity contribution in [3.8, 4) is 11.5 Å². The van der Waals surface area contributed by atoms with Crippen LogP contribution in [-0.4, -0.2) is 18.5 Å². The molecule has 3 aromatic rings. The Labute approximate surface area is 253 Å². The van der Waals surface area contributed by atoms with Crippen LogP contribution in [0.25, 0.3) is 0 Å². The summed E-state index contributed by atoms with van der Waals surface area (Å²) in [6.07, 6.45) is 15.6. The first-order valence-corrected chi connectivity index (χ1v) is 16.0. The summed E-state index contributed by atoms with van der Waals surface area (Å²) in [6, 6.07) is 20.9. The number of benzene rings is 3. The van der Waals surface area contributed by atoms with Crippen LogP contribution >= 0.6 is 19.7 Å². The van der Waals surface area contributed by atoms with E-state index in [-0.39, 0.29) is 29.3 Å². The van der Waals surface area contributed by atoms with E-state index in [0.717, 1.165) is 21.9 Å². The van der Waals surface area contributed by atoms with Gasteiger partial charge in [0.2, 0.25) is 0 Å². The van der Waals surface area contributed by atoms with Crippen molar-refractivity contribution in [2.75, 3.05) is 13.4 Å². The Hall–Kier alpha value is -1.86. The fraction of sp³-hybridized carbons (Fsp3) is 0.353. The molecule has 3 aromatic carbocycles. The van der Waals surface area contributed by atoms with E-state index >= 15 is 0 Å². The maximum atomic E-state index is 11.4. The van der Waals surface area contributed by atoms with Crippen LogP contribution in [0.3, 0.4) is 0 Å². The van der Waals surface area contributed by atoms with Crippen molar-refractivity contribution in [3.63, 3.8) is 0 Å². The number of phenolic OH excluding ortho intramolecular Hbond substituents is 1. The molecule has 1 aliphatic carbocycles. The fourth-order valence-corrected chi connectivity index (χ4v) is 8.88. The monoisotopic (exact) mass is 607 g/mol. The molecule has 2 nitrogen and oxygen atoms in total. The van der Waals surface area contributed by atoms with E-state index in [1.807, 2.05) is 18.2 Å². The van der Waals surface area contributed by atoms with E-state index in [4.69, 9.17) is 4.74 Å². The molecule has 0 aliphatic heterocycles. The molecule has 1 aliphatic rings. The summed E-state index contributed by atoms with van der Waals surface area (Å²) in [4.78, 5) is 1.25. The molecular formula is C34H46NiO2PS+. The fourth-order valence-electron chi connectivity index (χ4n) is 4.72. The van der Waals surface area contributed by atoms with E-state index in [9.17, 15) is 5.11 Å². The summed E-state index contributed by atoms with van der Waals surface area (Å²) in [5.41, 5.74) is 2.09. The van der Waals surface area contributed by atoms with Crippen molar-refractivity contribution in [2.24, 2.45) is 0 Å². The largest absolute Gasteiger partial charge is 0.504 e. The Balaban J connectivity index is 0.000000655. The van der Waals surface area contributed by atoms with E-state index in [2.05, 4.69) is 95.0 Å². The number of rotatable bonds is 5. The summed E-state index contributed by atoms with van der Waals surface area (Å²) in [5.74, 6) is 1.28. The van der Waals surface area contributed by atoms with Gasteiger partial charge in [0.1, 0.15) is 23.8 Å². The van der Waals surface area contributed by atoms with Crippen molar-refractivity contribution < 1.29 is 26.3 Å². The Morgan fingerprint density at radius 1 is 0.897 bits per heavy atom. The predicted octanol–water partition coefficient (Wildman–Crippen LogP) is 8.38. The van der Waals surface area contributed by atoms with Gasteiger partial charge in [0.05, 0.1) is 12.0 Å². The zero-order chi connectivity index (χ0) is 26.8. The zero-order valence-corrected chi connectivity index (χ0v) is 27.4. The molecule has 0 amide bonds. The number of allylic oxidation sites excluding steroid dienone is 2. The summed E-state index contributed by atoms with van der Waals surface area (Å²) in [7, 11) is 0.221. The van der Waals surface area contributed by atoms with Gasteiger partial charge < -0.3 is 16.3 Å². The smallest absolute Gasteiger partial charge is 0.162 e. The number of phenols is 1. The third kappa shape index (κ3) is 9.35. The van der Waals surface area contributed by atoms with E-state index in [1.165, 1.54) is 47.9 Å². The van der Waals surface area contributed by atoms with Gasteiger partial charge in [-0.1, -0.05) is 82.2 Å². The topological polar surface area (TPSA) is 29.5 Å². The molecule has 39 heavy (non-hydrogen) atoms. The van der Waals surface area contributed by atoms with Crippen molar-refractivity contribution >= 4 is 35.6 Å². The second kappa shape index (κ2) is 17.1. The van der Waals surface area contributed by atoms with Crippen molar-refractivity contribution in [1.82, 2.24) is 0 Å². The molecular weight excluding hydrogens is 562 g/mol. The third-order valence-electron chi connectivity index (χ3n) is 6.68. The van der Waals surface area contributed by atoms with Gasteiger partial charge in [-0.05, 0) is 54.8 Å². The summed E-state index contributed by atoms with van der Waals surface area (Å²) >= 11 is 1.76. The molecule has 0 bridgehead atoms. The number of thioether (sulfide) groups is 1. The molecule has 5 heteroatoms. The number of hydrogen-bond donors (Lipinski definition) is 1. The summed E-state index contributed by atoms with van der Waals surface area (Å²) < 4.78 is 5.76. The van der Waals surface area contributed by atoms with Crippen LogP contribution in [0, 0.1) is 20.8 Å². The van der Waals surface area contributed by atoms with Gasteiger partial charge in [-0.15, -0.1) is 11.8 Å². The normalized spacial score (nSPS) is 14.7. The molecule has 0 saturated heterocycles. The first-order valence-electron chi connectivity index (χ1n) is 13.2. The van der Waals surface area contributed by atoms with E-state index in [1.54, 1.807) is 18.9 Å². The third-order valence-corrected chi connectivity index (χ3v) is 10.7. The minimum absolute atomic E-state index is 0. The molecule has 0 heterocycles. The molecule has 0 aromatic heterocycles. The van der Waals surface area contributed by atoms with Crippen LogP contribution in [0.15, 0.2) is 77.7 Å². The minimum atomic E-state index is -1.50. The first-order chi connectivity index (χ1) is 17.8. The van der Waals surface area contributed by atoms with E-state index in [0.29, 0.717) is 5.75 Å². The second-order valence-corrected chi connectivity index (χ2v) is 13.6. The Bertz CT molecular complexity index is 1180. The van der Waals surface area contributed by atoms with Gasteiger partial charge in [0.25, 0.3) is 0 Å². The number of para-hydroxylation sites is 2. The molecule has 0 saturated carbocycles. The van der Waals surface area contributed by atoms with Gasteiger partial charge >= 0.3 is 0 Å². The van der Waals surface area contributed by atoms with Crippen molar-refractivity contribution in [1.29, 1.82) is 0 Å². The summed E-state index contributed by atoms with van der Waals surface area (Å²) in [6.45, 7) is 8.59. The molecule has 4 rings (SSSR count). The van der Waals surface area contributed by atoms with Crippen LogP contribution < -0.4 is 20.7 Å². The zero-order valence-electron chi connectivity index (χ0n) is 24.6. The molecule has 1 unspecified atom stereocenters. The van der Waals surface area contributed by atoms with Gasteiger partial charge in [0, 0.05) is 29.5 Å². The molecule has 1 N–H and O–H groups in total. The van der Waals surface area contributed by atoms with Crippen molar-refractivity contribution in [2.45, 2.75) is 70.1 Å². The first kappa shape index (κ1) is 35.2. The number of aryl methyl sites for hydroxylation is 1. The average Bonchev–Trinajstić information content (AvgIpc) is 2.85. The number of methoxy groups -OCH3 is 1. The van der Waals surface area contributed by atoms with Gasteiger partial charge in [-0.2, -0.15) is 12.8 Å².